The molecule has 0 fully saturated rings. The van der Waals surface area contributed by atoms with Gasteiger partial charge >= 0.3 is 6.36 Å². The first-order valence-electron chi connectivity index (χ1n) is 8.30. The summed E-state index contributed by atoms with van der Waals surface area (Å²) in [5.41, 5.74) is 0.596. The molecule has 1 heterocycles. The second-order valence-electron chi connectivity index (χ2n) is 5.97. The number of halogens is 4. The molecule has 0 aromatic heterocycles. The third kappa shape index (κ3) is 4.60. The lowest BCUT2D eigenvalue weighted by atomic mass is 10.0. The van der Waals surface area contributed by atoms with Crippen LogP contribution in [0.5, 0.6) is 5.75 Å². The summed E-state index contributed by atoms with van der Waals surface area (Å²) < 4.78 is 41.3. The fourth-order valence-corrected chi connectivity index (χ4v) is 2.91. The smallest absolute Gasteiger partial charge is 0.406 e. The van der Waals surface area contributed by atoms with E-state index in [0.717, 1.165) is 17.0 Å². The van der Waals surface area contributed by atoms with Crippen molar-refractivity contribution in [3.05, 3.63) is 77.5 Å². The molecule has 0 saturated heterocycles. The highest BCUT2D eigenvalue weighted by Crippen LogP contribution is 2.32. The highest BCUT2D eigenvalue weighted by atomic mass is 35.5. The fourth-order valence-electron chi connectivity index (χ4n) is 2.79. The highest BCUT2D eigenvalue weighted by Gasteiger charge is 2.38. The first kappa shape index (κ1) is 20.5. The van der Waals surface area contributed by atoms with Gasteiger partial charge in [-0.2, -0.15) is 0 Å². The van der Waals surface area contributed by atoms with Crippen LogP contribution in [0.2, 0.25) is 5.02 Å². The first-order chi connectivity index (χ1) is 13.7. The van der Waals surface area contributed by atoms with Crippen molar-refractivity contribution in [1.82, 2.24) is 4.90 Å². The van der Waals surface area contributed by atoms with E-state index in [9.17, 15) is 22.8 Å². The molecule has 0 spiro atoms. The Hall–Kier alpha value is -3.26. The van der Waals surface area contributed by atoms with Crippen molar-refractivity contribution in [2.75, 3.05) is 11.9 Å². The zero-order valence-corrected chi connectivity index (χ0v) is 15.6. The van der Waals surface area contributed by atoms with E-state index in [4.69, 9.17) is 11.6 Å². The van der Waals surface area contributed by atoms with Gasteiger partial charge < -0.3 is 10.1 Å². The summed E-state index contributed by atoms with van der Waals surface area (Å²) in [6, 6.07) is 11.3. The Kier molecular flexibility index (Phi) is 5.65. The minimum atomic E-state index is -4.85. The average molecular weight is 423 g/mol. The lowest BCUT2D eigenvalue weighted by Gasteiger charge is -2.13. The monoisotopic (exact) mass is 422 g/mol. The highest BCUT2D eigenvalue weighted by molar-refractivity contribution is 6.37. The fraction of sp³-hybridized carbons (Fsp3) is 0.100. The molecule has 1 N–H and O–H groups in total. The molecule has 2 aromatic rings. The Labute approximate surface area is 169 Å². The lowest BCUT2D eigenvalue weighted by Crippen LogP contribution is -2.32. The van der Waals surface area contributed by atoms with Crippen molar-refractivity contribution >= 4 is 34.7 Å². The first-order valence-corrected chi connectivity index (χ1v) is 8.67. The van der Waals surface area contributed by atoms with E-state index in [1.54, 1.807) is 24.3 Å². The molecule has 150 valence electrons. The van der Waals surface area contributed by atoms with Crippen LogP contribution in [0.1, 0.15) is 5.56 Å². The van der Waals surface area contributed by atoms with Gasteiger partial charge in [0.05, 0.1) is 5.57 Å². The molecule has 9 heteroatoms. The van der Waals surface area contributed by atoms with Crippen molar-refractivity contribution in [2.24, 2.45) is 0 Å². The number of carbonyl (C=O) groups is 2. The van der Waals surface area contributed by atoms with Crippen LogP contribution in [0.4, 0.5) is 18.9 Å². The summed E-state index contributed by atoms with van der Waals surface area (Å²) in [5.74, 6) is -1.64. The van der Waals surface area contributed by atoms with Crippen molar-refractivity contribution in [2.45, 2.75) is 6.36 Å². The maximum absolute atomic E-state index is 12.8. The van der Waals surface area contributed by atoms with Gasteiger partial charge in [0.15, 0.2) is 0 Å². The minimum Gasteiger partial charge on any atom is -0.406 e. The second-order valence-corrected chi connectivity index (χ2v) is 6.40. The van der Waals surface area contributed by atoms with Gasteiger partial charge in [-0.1, -0.05) is 35.9 Å². The summed E-state index contributed by atoms with van der Waals surface area (Å²) in [5, 5.41) is 3.20. The molecule has 3 rings (SSSR count). The van der Waals surface area contributed by atoms with Crippen molar-refractivity contribution in [1.29, 1.82) is 0 Å². The number of ether oxygens (including phenoxy) is 1. The van der Waals surface area contributed by atoms with E-state index in [-0.39, 0.29) is 23.5 Å². The number of rotatable bonds is 6. The Balaban J connectivity index is 2.01. The maximum Gasteiger partial charge on any atom is 0.573 e. The molecule has 29 heavy (non-hydrogen) atoms. The number of nitrogens with one attached hydrogen (secondary N) is 1. The Morgan fingerprint density at radius 1 is 1.10 bits per heavy atom. The topological polar surface area (TPSA) is 58.6 Å². The molecule has 5 nitrogen and oxygen atoms in total. The molecule has 0 bridgehead atoms. The molecule has 0 radical (unpaired) electrons. The molecule has 0 atom stereocenters. The second kappa shape index (κ2) is 8.00. The number of carbonyl (C=O) groups excluding carboxylic acids is 2. The number of benzene rings is 2. The molecule has 0 saturated carbocycles. The quantitative estimate of drug-likeness (QED) is 0.545. The zero-order chi connectivity index (χ0) is 21.2. The van der Waals surface area contributed by atoms with Crippen molar-refractivity contribution in [3.63, 3.8) is 0 Å². The van der Waals surface area contributed by atoms with Crippen LogP contribution >= 0.6 is 11.6 Å². The number of imide groups is 1. The van der Waals surface area contributed by atoms with Crippen molar-refractivity contribution in [3.8, 4) is 5.75 Å². The molecule has 2 amide bonds. The number of alkyl halides is 3. The molecule has 0 aliphatic carbocycles. The van der Waals surface area contributed by atoms with Gasteiger partial charge in [0.2, 0.25) is 0 Å². The molecule has 2 aromatic carbocycles. The molecular formula is C20H14ClF3N2O3. The lowest BCUT2D eigenvalue weighted by molar-refractivity contribution is -0.274. The van der Waals surface area contributed by atoms with Gasteiger partial charge in [-0.15, -0.1) is 19.8 Å². The predicted molar refractivity (Wildman–Crippen MR) is 102 cm³/mol. The third-order valence-corrected chi connectivity index (χ3v) is 4.20. The summed E-state index contributed by atoms with van der Waals surface area (Å²) in [6.07, 6.45) is -3.46. The van der Waals surface area contributed by atoms with E-state index in [1.807, 2.05) is 0 Å². The van der Waals surface area contributed by atoms with Gasteiger partial charge in [-0.05, 0) is 29.8 Å². The number of nitrogens with zero attached hydrogens (tertiary/aromatic N) is 1. The SMILES string of the molecule is C=CCN1C(=O)C(Nc2cccc(OC(F)(F)F)c2)=C(c2ccc(Cl)cc2)C1=O. The maximum atomic E-state index is 12.8. The van der Waals surface area contributed by atoms with Crippen LogP contribution in [0.3, 0.4) is 0 Å². The van der Waals surface area contributed by atoms with E-state index in [1.165, 1.54) is 18.2 Å². The molecular weight excluding hydrogens is 409 g/mol. The number of amides is 2. The predicted octanol–water partition coefficient (Wildman–Crippen LogP) is 4.62. The van der Waals surface area contributed by atoms with E-state index < -0.39 is 23.9 Å². The normalized spacial score (nSPS) is 14.4. The number of anilines is 1. The summed E-state index contributed by atoms with van der Waals surface area (Å²) >= 11 is 5.89. The van der Waals surface area contributed by atoms with Crippen LogP contribution in [0, 0.1) is 0 Å². The average Bonchev–Trinajstić information content (AvgIpc) is 2.86. The Bertz CT molecular complexity index is 1000. The zero-order valence-electron chi connectivity index (χ0n) is 14.8. The summed E-state index contributed by atoms with van der Waals surface area (Å²) in [4.78, 5) is 26.6. The Morgan fingerprint density at radius 3 is 2.41 bits per heavy atom. The van der Waals surface area contributed by atoms with Gasteiger partial charge in [0.1, 0.15) is 11.4 Å². The van der Waals surface area contributed by atoms with Gasteiger partial charge in [-0.3, -0.25) is 14.5 Å². The van der Waals surface area contributed by atoms with Crippen LogP contribution in [-0.2, 0) is 9.59 Å². The Morgan fingerprint density at radius 2 is 1.79 bits per heavy atom. The standard InChI is InChI=1S/C20H14ClF3N2O3/c1-2-10-26-18(27)16(12-6-8-13(21)9-7-12)17(19(26)28)25-14-4-3-5-15(11-14)29-20(22,23)24/h2-9,11,25H,1,10H2. The largest absolute Gasteiger partial charge is 0.573 e. The molecule has 1 aliphatic heterocycles. The van der Waals surface area contributed by atoms with Crippen molar-refractivity contribution < 1.29 is 27.5 Å². The van der Waals surface area contributed by atoms with Gasteiger partial charge in [-0.25, -0.2) is 0 Å². The van der Waals surface area contributed by atoms with Crippen LogP contribution in [-0.4, -0.2) is 29.6 Å². The van der Waals surface area contributed by atoms with E-state index in [0.29, 0.717) is 10.6 Å². The van der Waals surface area contributed by atoms with E-state index >= 15 is 0 Å². The number of hydrogen-bond acceptors (Lipinski definition) is 4. The third-order valence-electron chi connectivity index (χ3n) is 3.95. The van der Waals surface area contributed by atoms with E-state index in [2.05, 4.69) is 16.6 Å². The minimum absolute atomic E-state index is 0.0167. The van der Waals surface area contributed by atoms with Gasteiger partial charge in [0.25, 0.3) is 11.8 Å². The van der Waals surface area contributed by atoms with Crippen LogP contribution in [0.15, 0.2) is 66.9 Å². The summed E-state index contributed by atoms with van der Waals surface area (Å²) in [6.45, 7) is 3.51. The molecule has 0 unspecified atom stereocenters. The molecule has 1 aliphatic rings. The van der Waals surface area contributed by atoms with Crippen LogP contribution < -0.4 is 10.1 Å². The number of hydrogen-bond donors (Lipinski definition) is 1. The van der Waals surface area contributed by atoms with Gasteiger partial charge in [0, 0.05) is 23.3 Å². The van der Waals surface area contributed by atoms with Crippen LogP contribution in [0.25, 0.3) is 5.57 Å². The summed E-state index contributed by atoms with van der Waals surface area (Å²) in [7, 11) is 0.